The van der Waals surface area contributed by atoms with Crippen molar-refractivity contribution in [3.8, 4) is 6.07 Å². The second-order valence-electron chi connectivity index (χ2n) is 3.69. The lowest BCUT2D eigenvalue weighted by Crippen LogP contribution is -2.05. The molecule has 0 amide bonds. The van der Waals surface area contributed by atoms with Gasteiger partial charge in [-0.2, -0.15) is 5.26 Å². The van der Waals surface area contributed by atoms with Crippen molar-refractivity contribution in [2.45, 2.75) is 52.4 Å². The van der Waals surface area contributed by atoms with E-state index in [0.717, 1.165) is 25.7 Å². The van der Waals surface area contributed by atoms with E-state index in [9.17, 15) is 4.79 Å². The Labute approximate surface area is 80.9 Å². The van der Waals surface area contributed by atoms with Gasteiger partial charge in [0.15, 0.2) is 0 Å². The third-order valence-corrected chi connectivity index (χ3v) is 2.11. The highest BCUT2D eigenvalue weighted by Gasteiger charge is 2.05. The molecule has 74 valence electrons. The topological polar surface area (TPSA) is 40.9 Å². The van der Waals surface area contributed by atoms with Crippen LogP contribution in [0, 0.1) is 17.2 Å². The molecule has 2 heteroatoms. The number of carbonyl (C=O) groups excluding carboxylic acids is 1. The number of rotatable bonds is 7. The van der Waals surface area contributed by atoms with E-state index >= 15 is 0 Å². The van der Waals surface area contributed by atoms with Gasteiger partial charge in [0.1, 0.15) is 5.78 Å². The average Bonchev–Trinajstić information content (AvgIpc) is 2.10. The molecule has 0 aliphatic heterocycles. The van der Waals surface area contributed by atoms with Crippen LogP contribution in [-0.2, 0) is 4.79 Å². The van der Waals surface area contributed by atoms with Gasteiger partial charge in [-0.15, -0.1) is 0 Å². The van der Waals surface area contributed by atoms with Crippen LogP contribution in [0.15, 0.2) is 0 Å². The number of carbonyl (C=O) groups is 1. The van der Waals surface area contributed by atoms with Gasteiger partial charge in [0.2, 0.25) is 0 Å². The van der Waals surface area contributed by atoms with Crippen LogP contribution < -0.4 is 0 Å². The summed E-state index contributed by atoms with van der Waals surface area (Å²) >= 11 is 0. The molecule has 0 saturated heterocycles. The van der Waals surface area contributed by atoms with E-state index in [1.807, 2.05) is 13.8 Å². The second-order valence-corrected chi connectivity index (χ2v) is 3.69. The number of hydrogen-bond donors (Lipinski definition) is 0. The summed E-state index contributed by atoms with van der Waals surface area (Å²) in [6.45, 7) is 3.88. The fraction of sp³-hybridized carbons (Fsp3) is 0.818. The summed E-state index contributed by atoms with van der Waals surface area (Å²) in [6, 6.07) is 2.12. The Bertz CT molecular complexity index is 179. The lowest BCUT2D eigenvalue weighted by molar-refractivity contribution is -0.122. The molecule has 0 spiro atoms. The van der Waals surface area contributed by atoms with Gasteiger partial charge < -0.3 is 0 Å². The molecule has 0 rings (SSSR count). The summed E-state index contributed by atoms with van der Waals surface area (Å²) in [5.41, 5.74) is 0. The SMILES string of the molecule is CC(C)C(=O)CCCCCCC#N. The van der Waals surface area contributed by atoms with Gasteiger partial charge >= 0.3 is 0 Å². The quantitative estimate of drug-likeness (QED) is 0.566. The van der Waals surface area contributed by atoms with Gasteiger partial charge in [0.25, 0.3) is 0 Å². The maximum Gasteiger partial charge on any atom is 0.135 e. The Kier molecular flexibility index (Phi) is 7.29. The molecule has 0 unspecified atom stereocenters. The van der Waals surface area contributed by atoms with Crippen molar-refractivity contribution in [2.75, 3.05) is 0 Å². The summed E-state index contributed by atoms with van der Waals surface area (Å²) in [4.78, 5) is 11.2. The van der Waals surface area contributed by atoms with Crippen LogP contribution in [0.1, 0.15) is 52.4 Å². The molecule has 0 N–H and O–H groups in total. The van der Waals surface area contributed by atoms with E-state index in [1.165, 1.54) is 0 Å². The monoisotopic (exact) mass is 181 g/mol. The maximum absolute atomic E-state index is 11.2. The van der Waals surface area contributed by atoms with Crippen LogP contribution in [-0.4, -0.2) is 5.78 Å². The van der Waals surface area contributed by atoms with E-state index in [-0.39, 0.29) is 5.92 Å². The minimum Gasteiger partial charge on any atom is -0.299 e. The molecular weight excluding hydrogens is 162 g/mol. The molecule has 0 heterocycles. The minimum absolute atomic E-state index is 0.180. The Balaban J connectivity index is 3.17. The lowest BCUT2D eigenvalue weighted by atomic mass is 10.0. The number of Topliss-reactive ketones (excluding diaryl/α,β-unsaturated/α-hetero) is 1. The van der Waals surface area contributed by atoms with Crippen LogP contribution in [0.3, 0.4) is 0 Å². The number of nitrogens with zero attached hydrogens (tertiary/aromatic N) is 1. The van der Waals surface area contributed by atoms with Crippen molar-refractivity contribution >= 4 is 5.78 Å². The molecule has 13 heavy (non-hydrogen) atoms. The van der Waals surface area contributed by atoms with Crippen molar-refractivity contribution in [1.82, 2.24) is 0 Å². The lowest BCUT2D eigenvalue weighted by Gasteiger charge is -2.02. The Morgan fingerprint density at radius 3 is 2.38 bits per heavy atom. The molecule has 0 aliphatic carbocycles. The van der Waals surface area contributed by atoms with Crippen molar-refractivity contribution in [2.24, 2.45) is 5.92 Å². The van der Waals surface area contributed by atoms with Gasteiger partial charge in [-0.1, -0.05) is 26.7 Å². The van der Waals surface area contributed by atoms with Crippen LogP contribution in [0.2, 0.25) is 0 Å². The smallest absolute Gasteiger partial charge is 0.135 e. The Morgan fingerprint density at radius 2 is 1.85 bits per heavy atom. The molecule has 0 saturated carbocycles. The predicted molar refractivity (Wildman–Crippen MR) is 53.2 cm³/mol. The first-order valence-corrected chi connectivity index (χ1v) is 5.08. The zero-order valence-electron chi connectivity index (χ0n) is 8.68. The second kappa shape index (κ2) is 7.79. The summed E-state index contributed by atoms with van der Waals surface area (Å²) in [5, 5.41) is 8.28. The van der Waals surface area contributed by atoms with E-state index < -0.39 is 0 Å². The Hall–Kier alpha value is -0.840. The fourth-order valence-corrected chi connectivity index (χ4v) is 1.15. The van der Waals surface area contributed by atoms with Crippen LogP contribution in [0.25, 0.3) is 0 Å². The summed E-state index contributed by atoms with van der Waals surface area (Å²) in [6.07, 6.45) is 5.50. The minimum atomic E-state index is 0.180. The van der Waals surface area contributed by atoms with Crippen LogP contribution in [0.4, 0.5) is 0 Å². The van der Waals surface area contributed by atoms with Crippen LogP contribution >= 0.6 is 0 Å². The zero-order chi connectivity index (χ0) is 10.1. The number of nitriles is 1. The molecule has 0 aromatic carbocycles. The van der Waals surface area contributed by atoms with E-state index in [2.05, 4.69) is 6.07 Å². The van der Waals surface area contributed by atoms with E-state index in [0.29, 0.717) is 18.6 Å². The van der Waals surface area contributed by atoms with Gasteiger partial charge in [0, 0.05) is 18.8 Å². The molecule has 0 aliphatic rings. The highest BCUT2D eigenvalue weighted by molar-refractivity contribution is 5.80. The first-order valence-electron chi connectivity index (χ1n) is 5.08. The first kappa shape index (κ1) is 12.2. The molecule has 2 nitrogen and oxygen atoms in total. The summed E-state index contributed by atoms with van der Waals surface area (Å²) < 4.78 is 0. The van der Waals surface area contributed by atoms with Gasteiger partial charge in [0.05, 0.1) is 6.07 Å². The predicted octanol–water partition coefficient (Wildman–Crippen LogP) is 3.08. The normalized spacial score (nSPS) is 10.0. The number of hydrogen-bond acceptors (Lipinski definition) is 2. The first-order chi connectivity index (χ1) is 6.18. The van der Waals surface area contributed by atoms with Crippen LogP contribution in [0.5, 0.6) is 0 Å². The summed E-state index contributed by atoms with van der Waals surface area (Å²) in [7, 11) is 0. The van der Waals surface area contributed by atoms with Crippen molar-refractivity contribution < 1.29 is 4.79 Å². The van der Waals surface area contributed by atoms with Crippen molar-refractivity contribution in [3.05, 3.63) is 0 Å². The molecule has 0 bridgehead atoms. The standard InChI is InChI=1S/C11H19NO/c1-10(2)11(13)8-6-4-3-5-7-9-12/h10H,3-8H2,1-2H3. The number of unbranched alkanes of at least 4 members (excludes halogenated alkanes) is 4. The molecule has 0 radical (unpaired) electrons. The van der Waals surface area contributed by atoms with Gasteiger partial charge in [-0.05, 0) is 12.8 Å². The third kappa shape index (κ3) is 7.52. The van der Waals surface area contributed by atoms with Gasteiger partial charge in [-0.25, -0.2) is 0 Å². The highest BCUT2D eigenvalue weighted by Crippen LogP contribution is 2.08. The molecular formula is C11H19NO. The average molecular weight is 181 g/mol. The molecule has 0 atom stereocenters. The van der Waals surface area contributed by atoms with Crippen molar-refractivity contribution in [1.29, 1.82) is 5.26 Å². The summed E-state index contributed by atoms with van der Waals surface area (Å²) in [5.74, 6) is 0.541. The maximum atomic E-state index is 11.2. The fourth-order valence-electron chi connectivity index (χ4n) is 1.15. The van der Waals surface area contributed by atoms with E-state index in [1.54, 1.807) is 0 Å². The molecule has 0 aromatic heterocycles. The van der Waals surface area contributed by atoms with E-state index in [4.69, 9.17) is 5.26 Å². The van der Waals surface area contributed by atoms with Gasteiger partial charge in [-0.3, -0.25) is 4.79 Å². The highest BCUT2D eigenvalue weighted by atomic mass is 16.1. The molecule has 0 aromatic rings. The Morgan fingerprint density at radius 1 is 1.23 bits per heavy atom. The largest absolute Gasteiger partial charge is 0.299 e. The zero-order valence-corrected chi connectivity index (χ0v) is 8.68. The molecule has 0 fully saturated rings. The third-order valence-electron chi connectivity index (χ3n) is 2.11. The number of ketones is 1. The van der Waals surface area contributed by atoms with Crippen molar-refractivity contribution in [3.63, 3.8) is 0 Å².